The van der Waals surface area contributed by atoms with E-state index in [1.807, 2.05) is 47.2 Å². The number of amides is 2. The highest BCUT2D eigenvalue weighted by Crippen LogP contribution is 2.31. The van der Waals surface area contributed by atoms with Crippen LogP contribution in [0.25, 0.3) is 20.2 Å². The molecule has 0 saturated heterocycles. The first-order valence-corrected chi connectivity index (χ1v) is 22.0. The zero-order valence-electron chi connectivity index (χ0n) is 36.7. The highest BCUT2D eigenvalue weighted by molar-refractivity contribution is 7.18. The van der Waals surface area contributed by atoms with Gasteiger partial charge in [-0.15, -0.1) is 22.7 Å². The van der Waals surface area contributed by atoms with Crippen molar-refractivity contribution < 1.29 is 47.6 Å². The minimum absolute atomic E-state index is 0.0264. The normalized spacial score (nSPS) is 11.4. The average molecular weight is 909 g/mol. The Kier molecular flexibility index (Phi) is 19.0. The number of rotatable bonds is 22. The van der Waals surface area contributed by atoms with Crippen LogP contribution in [0.2, 0.25) is 0 Å². The quantitative estimate of drug-likeness (QED) is 0.0381. The molecule has 64 heavy (non-hydrogen) atoms. The summed E-state index contributed by atoms with van der Waals surface area (Å²) < 4.78 is 33.5. The molecule has 0 atom stereocenters. The molecule has 14 nitrogen and oxygen atoms in total. The Labute approximate surface area is 380 Å². The predicted molar refractivity (Wildman–Crippen MR) is 252 cm³/mol. The molecule has 0 aliphatic heterocycles. The number of carbonyl (C=O) groups is 4. The second kappa shape index (κ2) is 25.0. The van der Waals surface area contributed by atoms with E-state index in [0.29, 0.717) is 60.2 Å². The van der Waals surface area contributed by atoms with Crippen LogP contribution in [0.5, 0.6) is 23.0 Å². The number of carbonyl (C=O) groups excluding carboxylic acids is 4. The summed E-state index contributed by atoms with van der Waals surface area (Å²) in [7, 11) is 9.34. The summed E-state index contributed by atoms with van der Waals surface area (Å²) in [5, 5.41) is 14.9. The number of methoxy groups -OCH3 is 6. The van der Waals surface area contributed by atoms with Crippen molar-refractivity contribution in [2.75, 3.05) is 55.9 Å². The summed E-state index contributed by atoms with van der Waals surface area (Å²) in [6.45, 7) is 0.966. The lowest BCUT2D eigenvalue weighted by molar-refractivity contribution is -0.121. The molecule has 4 aromatic carbocycles. The van der Waals surface area contributed by atoms with Gasteiger partial charge in [-0.05, 0) is 48.5 Å². The van der Waals surface area contributed by atoms with Crippen LogP contribution in [-0.4, -0.2) is 90.7 Å². The summed E-state index contributed by atoms with van der Waals surface area (Å²) in [5.74, 6) is 1.06. The molecule has 0 fully saturated rings. The van der Waals surface area contributed by atoms with Gasteiger partial charge in [0, 0.05) is 106 Å². The first kappa shape index (κ1) is 48.6. The lowest BCUT2D eigenvalue weighted by atomic mass is 10.1. The largest absolute Gasteiger partial charge is 0.493 e. The van der Waals surface area contributed by atoms with Crippen LogP contribution in [-0.2, 0) is 19.1 Å². The molecule has 2 heterocycles. The number of nitrogens with one attached hydrogen (secondary N) is 2. The van der Waals surface area contributed by atoms with Gasteiger partial charge >= 0.3 is 0 Å². The Morgan fingerprint density at radius 3 is 1.25 bits per heavy atom. The van der Waals surface area contributed by atoms with Gasteiger partial charge in [-0.25, -0.2) is 10.9 Å². The Hall–Kier alpha value is -6.46. The third-order valence-corrected chi connectivity index (χ3v) is 11.8. The van der Waals surface area contributed by atoms with Crippen LogP contribution in [0.4, 0.5) is 0 Å². The van der Waals surface area contributed by atoms with E-state index in [-0.39, 0.29) is 49.1 Å². The molecule has 0 spiro atoms. The molecule has 0 radical (unpaired) electrons. The Balaban J connectivity index is 0.000000241. The SMILES string of the molecule is COCC/C(=N/NC(=O)CCC(=O)c1ccc(OC)c(OC)c1)c1csc2ccccc12.COCC/C(=N\NC(=O)CCC(=O)c1ccc(OC)c(OC)c1)c1csc2ccccc12. The first-order valence-electron chi connectivity index (χ1n) is 20.3. The number of fused-ring (bicyclic) bond motifs is 2. The van der Waals surface area contributed by atoms with Crippen LogP contribution >= 0.6 is 22.7 Å². The average Bonchev–Trinajstić information content (AvgIpc) is 3.97. The number of ether oxygens (including phenoxy) is 6. The number of ketones is 2. The van der Waals surface area contributed by atoms with Crippen LogP contribution in [0.3, 0.4) is 0 Å². The van der Waals surface area contributed by atoms with Crippen molar-refractivity contribution in [2.45, 2.75) is 38.5 Å². The van der Waals surface area contributed by atoms with Gasteiger partial charge in [0.05, 0.1) is 53.1 Å². The molecule has 0 unspecified atom stereocenters. The van der Waals surface area contributed by atoms with Crippen LogP contribution in [0, 0.1) is 0 Å². The molecule has 0 saturated carbocycles. The van der Waals surface area contributed by atoms with Crippen LogP contribution in [0.1, 0.15) is 70.4 Å². The van der Waals surface area contributed by atoms with Gasteiger partial charge in [-0.1, -0.05) is 36.4 Å². The highest BCUT2D eigenvalue weighted by Gasteiger charge is 2.17. The number of hydrogen-bond donors (Lipinski definition) is 2. The van der Waals surface area contributed by atoms with Crippen LogP contribution < -0.4 is 29.8 Å². The van der Waals surface area contributed by atoms with E-state index in [1.165, 1.54) is 28.4 Å². The van der Waals surface area contributed by atoms with Crippen molar-refractivity contribution in [1.82, 2.24) is 10.9 Å². The minimum Gasteiger partial charge on any atom is -0.493 e. The van der Waals surface area contributed by atoms with Crippen molar-refractivity contribution in [1.29, 1.82) is 0 Å². The monoisotopic (exact) mass is 908 g/mol. The van der Waals surface area contributed by atoms with E-state index >= 15 is 0 Å². The zero-order chi connectivity index (χ0) is 45.8. The van der Waals surface area contributed by atoms with E-state index in [4.69, 9.17) is 28.4 Å². The first-order chi connectivity index (χ1) is 31.1. The fourth-order valence-corrected chi connectivity index (χ4v) is 8.38. The van der Waals surface area contributed by atoms with E-state index in [9.17, 15) is 19.2 Å². The molecule has 0 bridgehead atoms. The van der Waals surface area contributed by atoms with Gasteiger partial charge < -0.3 is 28.4 Å². The summed E-state index contributed by atoms with van der Waals surface area (Å²) in [4.78, 5) is 49.7. The van der Waals surface area contributed by atoms with E-state index in [2.05, 4.69) is 33.2 Å². The van der Waals surface area contributed by atoms with Gasteiger partial charge in [0.25, 0.3) is 0 Å². The molecule has 2 amide bonds. The lowest BCUT2D eigenvalue weighted by Crippen LogP contribution is -2.21. The molecular formula is C48H52N4O10S2. The summed E-state index contributed by atoms with van der Waals surface area (Å²) in [6.07, 6.45) is 1.29. The number of thiophene rings is 2. The Morgan fingerprint density at radius 2 is 0.875 bits per heavy atom. The summed E-state index contributed by atoms with van der Waals surface area (Å²) in [6, 6.07) is 26.0. The number of Topliss-reactive ketones (excluding diaryl/α,β-unsaturated/α-hetero) is 2. The molecule has 2 N–H and O–H groups in total. The summed E-state index contributed by atoms with van der Waals surface area (Å²) in [5.41, 5.74) is 9.54. The van der Waals surface area contributed by atoms with Gasteiger partial charge in [-0.2, -0.15) is 10.2 Å². The van der Waals surface area contributed by atoms with Crippen LogP contribution in [0.15, 0.2) is 106 Å². The number of benzene rings is 4. The fourth-order valence-electron chi connectivity index (χ4n) is 6.44. The van der Waals surface area contributed by atoms with Crippen molar-refractivity contribution in [3.8, 4) is 23.0 Å². The smallest absolute Gasteiger partial charge is 0.240 e. The maximum Gasteiger partial charge on any atom is 0.240 e. The van der Waals surface area contributed by atoms with Crippen molar-refractivity contribution in [3.05, 3.63) is 118 Å². The van der Waals surface area contributed by atoms with E-state index in [1.54, 1.807) is 73.3 Å². The van der Waals surface area contributed by atoms with E-state index in [0.717, 1.165) is 42.7 Å². The van der Waals surface area contributed by atoms with Gasteiger partial charge in [-0.3, -0.25) is 19.2 Å². The molecule has 0 aliphatic rings. The number of hydrazone groups is 2. The zero-order valence-corrected chi connectivity index (χ0v) is 38.3. The minimum atomic E-state index is -0.326. The second-order valence-corrected chi connectivity index (χ2v) is 15.8. The standard InChI is InChI=1S/2C24H26N2O5S/c2*1-29-13-12-19(18-15-32-23-7-5-4-6-17(18)23)25-26-24(28)11-9-20(27)16-8-10-21(30-2)22(14-16)31-3/h2*4-8,10,14-15H,9,11-13H2,1-3H3,(H,26,28)/b25-19+;25-19-. The van der Waals surface area contributed by atoms with Gasteiger partial charge in [0.1, 0.15) is 0 Å². The molecular weight excluding hydrogens is 857 g/mol. The third kappa shape index (κ3) is 13.3. The fraction of sp³-hybridized carbons (Fsp3) is 0.292. The molecule has 2 aromatic heterocycles. The van der Waals surface area contributed by atoms with Gasteiger partial charge in [0.2, 0.25) is 11.8 Å². The molecule has 0 aliphatic carbocycles. The van der Waals surface area contributed by atoms with Gasteiger partial charge in [0.15, 0.2) is 34.6 Å². The predicted octanol–water partition coefficient (Wildman–Crippen LogP) is 8.88. The second-order valence-electron chi connectivity index (χ2n) is 13.9. The molecule has 16 heteroatoms. The highest BCUT2D eigenvalue weighted by atomic mass is 32.1. The number of nitrogens with zero attached hydrogens (tertiary/aromatic N) is 2. The lowest BCUT2D eigenvalue weighted by Gasteiger charge is -2.09. The van der Waals surface area contributed by atoms with Crippen molar-refractivity contribution in [2.24, 2.45) is 10.2 Å². The maximum absolute atomic E-state index is 12.5. The maximum atomic E-state index is 12.5. The van der Waals surface area contributed by atoms with E-state index < -0.39 is 0 Å². The van der Waals surface area contributed by atoms with Crippen molar-refractivity contribution >= 4 is 77.7 Å². The third-order valence-electron chi connectivity index (χ3n) is 9.87. The molecule has 336 valence electrons. The van der Waals surface area contributed by atoms with Crippen molar-refractivity contribution in [3.63, 3.8) is 0 Å². The Morgan fingerprint density at radius 1 is 0.484 bits per heavy atom. The number of hydrogen-bond acceptors (Lipinski definition) is 14. The topological polar surface area (TPSA) is 172 Å². The summed E-state index contributed by atoms with van der Waals surface area (Å²) >= 11 is 3.26. The molecule has 6 rings (SSSR count). The Bertz CT molecular complexity index is 2420. The molecule has 6 aromatic rings.